The van der Waals surface area contributed by atoms with Crippen LogP contribution in [0.25, 0.3) is 11.2 Å². The fourth-order valence-electron chi connectivity index (χ4n) is 3.55. The summed E-state index contributed by atoms with van der Waals surface area (Å²) in [6.07, 6.45) is 6.27. The molecular weight excluding hydrogens is 403 g/mol. The molecule has 0 radical (unpaired) electrons. The average Bonchev–Trinajstić information content (AvgIpc) is 2.73. The molecule has 3 aromatic heterocycles. The van der Waals surface area contributed by atoms with E-state index in [-0.39, 0.29) is 6.04 Å². The lowest BCUT2D eigenvalue weighted by Crippen LogP contribution is -2.45. The van der Waals surface area contributed by atoms with E-state index in [1.54, 1.807) is 25.5 Å². The van der Waals surface area contributed by atoms with Gasteiger partial charge in [0.15, 0.2) is 5.65 Å². The number of alkyl halides is 1. The number of rotatable bonds is 3. The van der Waals surface area contributed by atoms with Crippen molar-refractivity contribution in [3.63, 3.8) is 0 Å². The summed E-state index contributed by atoms with van der Waals surface area (Å²) >= 11 is 11.8. The second-order valence-corrected chi connectivity index (χ2v) is 7.48. The summed E-state index contributed by atoms with van der Waals surface area (Å²) in [5, 5.41) is 0.417. The Morgan fingerprint density at radius 1 is 1.07 bits per heavy atom. The molecule has 1 aliphatic heterocycles. The van der Waals surface area contributed by atoms with E-state index in [1.807, 2.05) is 0 Å². The third-order valence-corrected chi connectivity index (χ3v) is 5.58. The van der Waals surface area contributed by atoms with Crippen LogP contribution in [-0.4, -0.2) is 37.2 Å². The molecule has 1 aliphatic rings. The molecule has 4 rings (SSSR count). The molecule has 10 heteroatoms. The number of piperidine rings is 1. The first kappa shape index (κ1) is 18.9. The number of aromatic nitrogens is 5. The van der Waals surface area contributed by atoms with Crippen LogP contribution >= 0.6 is 23.2 Å². The van der Waals surface area contributed by atoms with Gasteiger partial charge in [-0.2, -0.15) is 0 Å². The number of anilines is 1. The smallest absolute Gasteiger partial charge is 0.318 e. The maximum atomic E-state index is 12.7. The maximum Gasteiger partial charge on any atom is 0.318 e. The Kier molecular flexibility index (Phi) is 5.07. The molecule has 4 heterocycles. The van der Waals surface area contributed by atoms with Crippen molar-refractivity contribution in [2.45, 2.75) is 24.8 Å². The van der Waals surface area contributed by atoms with Gasteiger partial charge in [0.25, 0.3) is 0 Å². The van der Waals surface area contributed by atoms with Gasteiger partial charge in [-0.05, 0) is 18.9 Å². The van der Waals surface area contributed by atoms with E-state index in [1.165, 1.54) is 15.3 Å². The van der Waals surface area contributed by atoms with Crippen molar-refractivity contribution in [2.75, 3.05) is 18.0 Å². The predicted molar refractivity (Wildman–Crippen MR) is 108 cm³/mol. The van der Waals surface area contributed by atoms with Gasteiger partial charge < -0.3 is 9.47 Å². The van der Waals surface area contributed by atoms with Gasteiger partial charge in [-0.25, -0.2) is 15.0 Å². The minimum Gasteiger partial charge on any atom is -0.341 e. The van der Waals surface area contributed by atoms with Crippen LogP contribution in [0, 0.1) is 0 Å². The van der Waals surface area contributed by atoms with E-state index in [4.69, 9.17) is 23.2 Å². The Morgan fingerprint density at radius 2 is 1.75 bits per heavy atom. The number of nitrogens with zero attached hydrogens (tertiary/aromatic N) is 6. The summed E-state index contributed by atoms with van der Waals surface area (Å²) < 4.78 is 2.82. The second kappa shape index (κ2) is 7.52. The zero-order valence-electron chi connectivity index (χ0n) is 15.2. The maximum absolute atomic E-state index is 12.7. The average molecular weight is 421 g/mol. The Morgan fingerprint density at radius 3 is 2.39 bits per heavy atom. The highest BCUT2D eigenvalue weighted by molar-refractivity contribution is 6.31. The van der Waals surface area contributed by atoms with Crippen LogP contribution in [-0.2, 0) is 12.9 Å². The van der Waals surface area contributed by atoms with Gasteiger partial charge >= 0.3 is 11.1 Å². The molecular formula is C18H18Cl2N6O2. The van der Waals surface area contributed by atoms with Gasteiger partial charge in [-0.15, -0.1) is 11.6 Å². The number of aryl methyl sites for hydroxylation is 1. The molecule has 0 atom stereocenters. The van der Waals surface area contributed by atoms with Crippen LogP contribution in [0.2, 0.25) is 5.02 Å². The van der Waals surface area contributed by atoms with Crippen molar-refractivity contribution in [1.29, 1.82) is 0 Å². The van der Waals surface area contributed by atoms with Crippen LogP contribution in [0.5, 0.6) is 0 Å². The molecule has 0 amide bonds. The molecule has 28 heavy (non-hydrogen) atoms. The molecule has 0 bridgehead atoms. The minimum atomic E-state index is -0.584. The monoisotopic (exact) mass is 420 g/mol. The summed E-state index contributed by atoms with van der Waals surface area (Å²) in [5.41, 5.74) is 0.727. The summed E-state index contributed by atoms with van der Waals surface area (Å²) in [5.74, 6) is 1.01. The van der Waals surface area contributed by atoms with Crippen molar-refractivity contribution < 1.29 is 0 Å². The summed E-state index contributed by atoms with van der Waals surface area (Å²) in [6.45, 7) is 1.34. The Labute approximate surface area is 170 Å². The second-order valence-electron chi connectivity index (χ2n) is 6.78. The van der Waals surface area contributed by atoms with Crippen molar-refractivity contribution in [2.24, 2.45) is 7.05 Å². The number of halogens is 2. The lowest BCUT2D eigenvalue weighted by molar-refractivity contribution is 0.389. The van der Waals surface area contributed by atoms with Crippen molar-refractivity contribution >= 4 is 40.3 Å². The molecule has 3 aromatic rings. The molecule has 0 N–H and O–H groups in total. The first-order chi connectivity index (χ1) is 13.5. The Balaban J connectivity index is 1.65. The molecule has 146 valence electrons. The minimum absolute atomic E-state index is 0.129. The van der Waals surface area contributed by atoms with Gasteiger partial charge in [-0.3, -0.25) is 14.2 Å². The number of hydrogen-bond acceptors (Lipinski definition) is 6. The van der Waals surface area contributed by atoms with E-state index >= 15 is 0 Å². The van der Waals surface area contributed by atoms with Gasteiger partial charge in [0.2, 0.25) is 5.95 Å². The highest BCUT2D eigenvalue weighted by Gasteiger charge is 2.26. The fourth-order valence-corrected chi connectivity index (χ4v) is 3.84. The first-order valence-corrected chi connectivity index (χ1v) is 9.79. The van der Waals surface area contributed by atoms with Crippen LogP contribution in [0.15, 0.2) is 34.2 Å². The number of pyridine rings is 1. The van der Waals surface area contributed by atoms with Crippen LogP contribution in [0.1, 0.15) is 24.4 Å². The molecule has 1 saturated heterocycles. The zero-order chi connectivity index (χ0) is 19.8. The molecule has 0 unspecified atom stereocenters. The standard InChI is InChI=1S/C18H18Cl2N6O2/c1-24-14-6-12(20)10-21-15(14)26(17(28)16(24)27)13-2-4-25(5-3-13)18-22-8-11(7-19)9-23-18/h6,8-10,13H,2-5,7H2,1H3. The van der Waals surface area contributed by atoms with Crippen LogP contribution in [0.3, 0.4) is 0 Å². The molecule has 8 nitrogen and oxygen atoms in total. The fraction of sp³-hybridized carbons (Fsp3) is 0.389. The molecule has 1 fully saturated rings. The van der Waals surface area contributed by atoms with E-state index in [9.17, 15) is 9.59 Å². The molecule has 0 spiro atoms. The third kappa shape index (κ3) is 3.27. The SMILES string of the molecule is Cn1c(=O)c(=O)n(C2CCN(c3ncc(CCl)cn3)CC2)c2ncc(Cl)cc21. The number of fused-ring (bicyclic) bond motifs is 1. The lowest BCUT2D eigenvalue weighted by Gasteiger charge is -2.33. The summed E-state index contributed by atoms with van der Waals surface area (Å²) in [4.78, 5) is 40.2. The van der Waals surface area contributed by atoms with Gasteiger partial charge in [-0.1, -0.05) is 11.6 Å². The largest absolute Gasteiger partial charge is 0.341 e. The van der Waals surface area contributed by atoms with Crippen molar-refractivity contribution in [1.82, 2.24) is 24.1 Å². The lowest BCUT2D eigenvalue weighted by atomic mass is 10.0. The van der Waals surface area contributed by atoms with Crippen LogP contribution < -0.4 is 16.0 Å². The highest BCUT2D eigenvalue weighted by atomic mass is 35.5. The first-order valence-electron chi connectivity index (χ1n) is 8.88. The van der Waals surface area contributed by atoms with E-state index in [0.717, 1.165) is 5.56 Å². The molecule has 0 aliphatic carbocycles. The van der Waals surface area contributed by atoms with E-state index in [2.05, 4.69) is 19.9 Å². The van der Waals surface area contributed by atoms with Crippen molar-refractivity contribution in [3.05, 3.63) is 56.0 Å². The quantitative estimate of drug-likeness (QED) is 0.476. The summed E-state index contributed by atoms with van der Waals surface area (Å²) in [6, 6.07) is 1.53. The van der Waals surface area contributed by atoms with Gasteiger partial charge in [0, 0.05) is 50.3 Å². The number of hydrogen-bond donors (Lipinski definition) is 0. The van der Waals surface area contributed by atoms with Crippen molar-refractivity contribution in [3.8, 4) is 0 Å². The Hall–Kier alpha value is -2.45. The Bertz CT molecular complexity index is 1130. The zero-order valence-corrected chi connectivity index (χ0v) is 16.7. The molecule has 0 aromatic carbocycles. The predicted octanol–water partition coefficient (Wildman–Crippen LogP) is 2.12. The molecule has 0 saturated carbocycles. The van der Waals surface area contributed by atoms with Crippen LogP contribution in [0.4, 0.5) is 5.95 Å². The van der Waals surface area contributed by atoms with Gasteiger partial charge in [0.05, 0.1) is 16.4 Å². The topological polar surface area (TPSA) is 85.9 Å². The third-order valence-electron chi connectivity index (χ3n) is 5.07. The van der Waals surface area contributed by atoms with Gasteiger partial charge in [0.1, 0.15) is 0 Å². The van der Waals surface area contributed by atoms with E-state index < -0.39 is 11.1 Å². The normalized spacial score (nSPS) is 15.3. The van der Waals surface area contributed by atoms with E-state index in [0.29, 0.717) is 53.9 Å². The summed E-state index contributed by atoms with van der Waals surface area (Å²) in [7, 11) is 1.55. The highest BCUT2D eigenvalue weighted by Crippen LogP contribution is 2.26.